The van der Waals surface area contributed by atoms with Gasteiger partial charge < -0.3 is 15.1 Å². The number of hydrazine groups is 1. The Morgan fingerprint density at radius 2 is 1.92 bits per heavy atom. The van der Waals surface area contributed by atoms with Crippen molar-refractivity contribution in [2.75, 3.05) is 19.3 Å². The van der Waals surface area contributed by atoms with Crippen molar-refractivity contribution in [2.45, 2.75) is 19.4 Å². The van der Waals surface area contributed by atoms with Crippen LogP contribution < -0.4 is 5.73 Å². The number of halogens is 1. The number of benzene rings is 2. The van der Waals surface area contributed by atoms with Crippen LogP contribution in [0.4, 0.5) is 5.82 Å². The van der Waals surface area contributed by atoms with Crippen molar-refractivity contribution in [2.24, 2.45) is 14.1 Å². The van der Waals surface area contributed by atoms with Crippen LogP contribution in [0, 0.1) is 0 Å². The molecule has 0 fully saturated rings. The van der Waals surface area contributed by atoms with Gasteiger partial charge in [0.25, 0.3) is 5.91 Å². The highest BCUT2D eigenvalue weighted by Crippen LogP contribution is 2.29. The highest BCUT2D eigenvalue weighted by molar-refractivity contribution is 6.31. The van der Waals surface area contributed by atoms with Crippen LogP contribution in [0.1, 0.15) is 29.0 Å². The number of carbonyl (C=O) groups is 2. The first kappa shape index (κ1) is 24.7. The Bertz CT molecular complexity index is 1660. The predicted molar refractivity (Wildman–Crippen MR) is 144 cm³/mol. The SMILES string of the molecule is CN(CCCC=O)N(Cc1nc2cc(Cl)ccc2n1C)C(=O)c1ccc2nc(N)c3cnn(C)c3c2c1. The number of fused-ring (bicyclic) bond motifs is 4. The summed E-state index contributed by atoms with van der Waals surface area (Å²) in [5.41, 5.74) is 9.80. The number of aryl methyl sites for hydroxylation is 2. The minimum atomic E-state index is -0.201. The van der Waals surface area contributed by atoms with Gasteiger partial charge in [-0.25, -0.2) is 15.0 Å². The second kappa shape index (κ2) is 9.79. The molecule has 190 valence electrons. The number of nitrogens with zero attached hydrogens (tertiary/aromatic N) is 7. The molecule has 0 unspecified atom stereocenters. The zero-order valence-electron chi connectivity index (χ0n) is 20.8. The monoisotopic (exact) mass is 518 g/mol. The van der Waals surface area contributed by atoms with Crippen molar-refractivity contribution in [1.29, 1.82) is 0 Å². The lowest BCUT2D eigenvalue weighted by atomic mass is 10.1. The van der Waals surface area contributed by atoms with Crippen LogP contribution in [-0.4, -0.2) is 60.1 Å². The summed E-state index contributed by atoms with van der Waals surface area (Å²) in [7, 11) is 5.59. The van der Waals surface area contributed by atoms with Crippen LogP contribution in [-0.2, 0) is 25.4 Å². The quantitative estimate of drug-likeness (QED) is 0.189. The Balaban J connectivity index is 1.56. The molecular weight excluding hydrogens is 492 g/mol. The van der Waals surface area contributed by atoms with Gasteiger partial charge in [0.15, 0.2) is 0 Å². The fraction of sp³-hybridized carbons (Fsp3) is 0.269. The van der Waals surface area contributed by atoms with Gasteiger partial charge in [-0.05, 0) is 42.8 Å². The third kappa shape index (κ3) is 4.49. The number of aromatic nitrogens is 5. The third-order valence-electron chi connectivity index (χ3n) is 6.63. The Hall–Kier alpha value is -4.02. The first-order chi connectivity index (χ1) is 17.8. The lowest BCUT2D eigenvalue weighted by Crippen LogP contribution is -2.44. The first-order valence-electron chi connectivity index (χ1n) is 11.9. The summed E-state index contributed by atoms with van der Waals surface area (Å²) in [5, 5.41) is 9.94. The van der Waals surface area contributed by atoms with Crippen LogP contribution in [0.15, 0.2) is 42.6 Å². The molecule has 3 aromatic heterocycles. The molecule has 5 aromatic rings. The fourth-order valence-electron chi connectivity index (χ4n) is 4.61. The number of aldehydes is 1. The standard InChI is InChI=1S/C26H27ClN8O2/c1-32(10-4-5-11-36)35(15-23-30-21-13-17(27)7-9-22(21)33(23)2)26(37)16-6-8-20-18(12-16)24-19(25(28)31-20)14-29-34(24)3/h6-9,11-14H,4-5,10,15H2,1-3H3,(H2,28,31). The number of unbranched alkanes of at least 4 members (excludes halogenated alkanes) is 1. The summed E-state index contributed by atoms with van der Waals surface area (Å²) in [5.74, 6) is 0.901. The summed E-state index contributed by atoms with van der Waals surface area (Å²) in [6.07, 6.45) is 3.60. The molecule has 11 heteroatoms. The van der Waals surface area contributed by atoms with Gasteiger partial charge in [0.1, 0.15) is 17.9 Å². The molecule has 5 rings (SSSR count). The Kier molecular flexibility index (Phi) is 6.53. The number of carbonyl (C=O) groups excluding carboxylic acids is 2. The predicted octanol–water partition coefficient (Wildman–Crippen LogP) is 3.71. The molecule has 2 N–H and O–H groups in total. The molecule has 2 aromatic carbocycles. The average molecular weight is 519 g/mol. The molecule has 0 saturated carbocycles. The van der Waals surface area contributed by atoms with E-state index >= 15 is 0 Å². The summed E-state index contributed by atoms with van der Waals surface area (Å²) in [4.78, 5) is 34.1. The normalized spacial score (nSPS) is 11.7. The molecule has 0 saturated heterocycles. The van der Waals surface area contributed by atoms with Gasteiger partial charge in [-0.15, -0.1) is 0 Å². The molecule has 10 nitrogen and oxygen atoms in total. The number of rotatable bonds is 8. The summed E-state index contributed by atoms with van der Waals surface area (Å²) in [6, 6.07) is 10.9. The number of imidazole rings is 1. The van der Waals surface area contributed by atoms with E-state index in [4.69, 9.17) is 22.3 Å². The lowest BCUT2D eigenvalue weighted by Gasteiger charge is -2.32. The zero-order chi connectivity index (χ0) is 26.3. The maximum absolute atomic E-state index is 14.0. The molecular formula is C26H27ClN8O2. The molecule has 37 heavy (non-hydrogen) atoms. The van der Waals surface area contributed by atoms with Crippen LogP contribution in [0.3, 0.4) is 0 Å². The second-order valence-corrected chi connectivity index (χ2v) is 9.47. The number of nitrogen functional groups attached to an aromatic ring is 1. The largest absolute Gasteiger partial charge is 0.383 e. The van der Waals surface area contributed by atoms with Gasteiger partial charge in [0.2, 0.25) is 0 Å². The van der Waals surface area contributed by atoms with Crippen LogP contribution >= 0.6 is 11.6 Å². The van der Waals surface area contributed by atoms with E-state index in [-0.39, 0.29) is 12.5 Å². The highest BCUT2D eigenvalue weighted by atomic mass is 35.5. The number of amides is 1. The molecule has 0 aliphatic rings. The van der Waals surface area contributed by atoms with Crippen molar-refractivity contribution >= 4 is 62.5 Å². The number of nitrogens with two attached hydrogens (primary N) is 1. The smallest absolute Gasteiger partial charge is 0.268 e. The lowest BCUT2D eigenvalue weighted by molar-refractivity contribution is -0.108. The van der Waals surface area contributed by atoms with E-state index in [2.05, 4.69) is 10.1 Å². The van der Waals surface area contributed by atoms with Gasteiger partial charge in [-0.1, -0.05) is 11.6 Å². The van der Waals surface area contributed by atoms with Crippen LogP contribution in [0.5, 0.6) is 0 Å². The van der Waals surface area contributed by atoms with Gasteiger partial charge in [0.05, 0.1) is 40.2 Å². The van der Waals surface area contributed by atoms with E-state index in [9.17, 15) is 9.59 Å². The fourth-order valence-corrected chi connectivity index (χ4v) is 4.78. The summed E-state index contributed by atoms with van der Waals surface area (Å²) < 4.78 is 3.69. The highest BCUT2D eigenvalue weighted by Gasteiger charge is 2.24. The van der Waals surface area contributed by atoms with E-state index in [0.29, 0.717) is 47.1 Å². The van der Waals surface area contributed by atoms with E-state index in [1.54, 1.807) is 28.0 Å². The summed E-state index contributed by atoms with van der Waals surface area (Å²) >= 11 is 6.17. The van der Waals surface area contributed by atoms with Gasteiger partial charge >= 0.3 is 0 Å². The number of pyridine rings is 1. The van der Waals surface area contributed by atoms with Crippen LogP contribution in [0.2, 0.25) is 5.02 Å². The minimum absolute atomic E-state index is 0.201. The minimum Gasteiger partial charge on any atom is -0.383 e. The van der Waals surface area contributed by atoms with Gasteiger partial charge in [0, 0.05) is 50.1 Å². The molecule has 0 atom stereocenters. The van der Waals surface area contributed by atoms with Crippen molar-refractivity contribution in [3.05, 3.63) is 59.0 Å². The maximum atomic E-state index is 14.0. The second-order valence-electron chi connectivity index (χ2n) is 9.03. The molecule has 0 bridgehead atoms. The molecule has 0 radical (unpaired) electrons. The maximum Gasteiger partial charge on any atom is 0.268 e. The first-order valence-corrected chi connectivity index (χ1v) is 12.2. The number of hydrogen-bond acceptors (Lipinski definition) is 7. The van der Waals surface area contributed by atoms with E-state index in [1.165, 1.54) is 0 Å². The molecule has 1 amide bonds. The number of anilines is 1. The Morgan fingerprint density at radius 3 is 2.70 bits per heavy atom. The van der Waals surface area contributed by atoms with Crippen molar-refractivity contribution in [3.8, 4) is 0 Å². The molecule has 0 aliphatic heterocycles. The topological polar surface area (TPSA) is 115 Å². The molecule has 3 heterocycles. The van der Waals surface area contributed by atoms with E-state index in [0.717, 1.165) is 33.6 Å². The average Bonchev–Trinajstić information content (AvgIpc) is 3.42. The van der Waals surface area contributed by atoms with Crippen molar-refractivity contribution in [1.82, 2.24) is 34.3 Å². The number of hydrogen-bond donors (Lipinski definition) is 1. The van der Waals surface area contributed by atoms with Crippen LogP contribution in [0.25, 0.3) is 32.8 Å². The van der Waals surface area contributed by atoms with Gasteiger partial charge in [-0.3, -0.25) is 14.5 Å². The zero-order valence-corrected chi connectivity index (χ0v) is 21.6. The Morgan fingerprint density at radius 1 is 1.11 bits per heavy atom. The van der Waals surface area contributed by atoms with E-state index < -0.39 is 0 Å². The van der Waals surface area contributed by atoms with E-state index in [1.807, 2.05) is 55.0 Å². The van der Waals surface area contributed by atoms with Gasteiger partial charge in [-0.2, -0.15) is 5.10 Å². The molecule has 0 aliphatic carbocycles. The summed E-state index contributed by atoms with van der Waals surface area (Å²) in [6.45, 7) is 0.760. The third-order valence-corrected chi connectivity index (χ3v) is 6.87. The molecule has 0 spiro atoms. The van der Waals surface area contributed by atoms with Crippen molar-refractivity contribution in [3.63, 3.8) is 0 Å². The van der Waals surface area contributed by atoms with Crippen molar-refractivity contribution < 1.29 is 9.59 Å². The Labute approximate surface area is 218 Å².